The van der Waals surface area contributed by atoms with Gasteiger partial charge in [-0.15, -0.1) is 0 Å². The lowest BCUT2D eigenvalue weighted by atomic mass is 9.83. The van der Waals surface area contributed by atoms with Crippen LogP contribution in [0.25, 0.3) is 0 Å². The molecule has 4 fully saturated rings. The summed E-state index contributed by atoms with van der Waals surface area (Å²) in [6, 6.07) is 1.59. The van der Waals surface area contributed by atoms with Gasteiger partial charge >= 0.3 is 0 Å². The summed E-state index contributed by atoms with van der Waals surface area (Å²) in [6.07, 6.45) is 5.51. The van der Waals surface area contributed by atoms with Crippen LogP contribution in [0.4, 0.5) is 0 Å². The van der Waals surface area contributed by atoms with Crippen LogP contribution in [-0.4, -0.2) is 49.7 Å². The zero-order chi connectivity index (χ0) is 10.1. The van der Waals surface area contributed by atoms with Crippen LogP contribution in [-0.2, 0) is 0 Å². The first-order valence-corrected chi connectivity index (χ1v) is 6.61. The Morgan fingerprint density at radius 2 is 1.73 bits per heavy atom. The second kappa shape index (κ2) is 4.40. The van der Waals surface area contributed by atoms with Gasteiger partial charge in [-0.25, -0.2) is 0 Å². The molecule has 0 aromatic rings. The maximum Gasteiger partial charge on any atom is 0.0226 e. The predicted octanol–water partition coefficient (Wildman–Crippen LogP) is 0.422. The molecule has 2 N–H and O–H groups in total. The largest absolute Gasteiger partial charge is 0.317 e. The van der Waals surface area contributed by atoms with E-state index in [0.29, 0.717) is 0 Å². The standard InChI is InChI=1S/C12H23N3/c1-5-13-6-2-11(1)14-12-9-15-7-3-10(12)4-8-15/h10-14H,1-9H2. The molecular weight excluding hydrogens is 186 g/mol. The Morgan fingerprint density at radius 1 is 1.00 bits per heavy atom. The number of rotatable bonds is 2. The average molecular weight is 209 g/mol. The Bertz CT molecular complexity index is 205. The van der Waals surface area contributed by atoms with E-state index in [2.05, 4.69) is 15.5 Å². The zero-order valence-corrected chi connectivity index (χ0v) is 9.54. The van der Waals surface area contributed by atoms with E-state index in [1.54, 1.807) is 0 Å². The Balaban J connectivity index is 1.54. The zero-order valence-electron chi connectivity index (χ0n) is 9.54. The van der Waals surface area contributed by atoms with E-state index in [1.807, 2.05) is 0 Å². The molecule has 0 aromatic heterocycles. The van der Waals surface area contributed by atoms with Crippen molar-refractivity contribution >= 4 is 0 Å². The highest BCUT2D eigenvalue weighted by molar-refractivity contribution is 4.93. The maximum absolute atomic E-state index is 3.91. The summed E-state index contributed by atoms with van der Waals surface area (Å²) in [5.41, 5.74) is 0. The fourth-order valence-corrected chi connectivity index (χ4v) is 3.45. The second-order valence-electron chi connectivity index (χ2n) is 5.44. The Morgan fingerprint density at radius 3 is 2.33 bits per heavy atom. The summed E-state index contributed by atoms with van der Waals surface area (Å²) in [7, 11) is 0. The van der Waals surface area contributed by atoms with Crippen LogP contribution in [0, 0.1) is 5.92 Å². The first-order chi connectivity index (χ1) is 7.42. The molecule has 0 amide bonds. The SMILES string of the molecule is C1CC(NC2CN3CCC2CC3)CCN1. The molecule has 3 nitrogen and oxygen atoms in total. The van der Waals surface area contributed by atoms with Gasteiger partial charge in [0.05, 0.1) is 0 Å². The van der Waals surface area contributed by atoms with Crippen molar-refractivity contribution in [3.05, 3.63) is 0 Å². The summed E-state index contributed by atoms with van der Waals surface area (Å²) in [4.78, 5) is 2.64. The summed E-state index contributed by atoms with van der Waals surface area (Å²) in [6.45, 7) is 6.44. The van der Waals surface area contributed by atoms with Crippen LogP contribution < -0.4 is 10.6 Å². The van der Waals surface area contributed by atoms with Crippen molar-refractivity contribution in [1.29, 1.82) is 0 Å². The molecule has 0 radical (unpaired) electrons. The van der Waals surface area contributed by atoms with E-state index >= 15 is 0 Å². The molecule has 0 aromatic carbocycles. The smallest absolute Gasteiger partial charge is 0.0226 e. The van der Waals surface area contributed by atoms with E-state index in [9.17, 15) is 0 Å². The Kier molecular flexibility index (Phi) is 2.95. The first-order valence-electron chi connectivity index (χ1n) is 6.61. The quantitative estimate of drug-likeness (QED) is 0.690. The van der Waals surface area contributed by atoms with E-state index in [4.69, 9.17) is 0 Å². The van der Waals surface area contributed by atoms with Crippen molar-refractivity contribution in [1.82, 2.24) is 15.5 Å². The Labute approximate surface area is 92.6 Å². The topological polar surface area (TPSA) is 27.3 Å². The monoisotopic (exact) mass is 209 g/mol. The van der Waals surface area contributed by atoms with Gasteiger partial charge in [0.15, 0.2) is 0 Å². The van der Waals surface area contributed by atoms with Crippen molar-refractivity contribution < 1.29 is 0 Å². The van der Waals surface area contributed by atoms with Crippen LogP contribution in [0.1, 0.15) is 25.7 Å². The van der Waals surface area contributed by atoms with Crippen molar-refractivity contribution in [2.24, 2.45) is 5.92 Å². The highest BCUT2D eigenvalue weighted by atomic mass is 15.2. The molecule has 4 rings (SSSR count). The van der Waals surface area contributed by atoms with Gasteiger partial charge < -0.3 is 15.5 Å². The Hall–Kier alpha value is -0.120. The van der Waals surface area contributed by atoms with Crippen LogP contribution in [0.2, 0.25) is 0 Å². The molecule has 4 saturated heterocycles. The maximum atomic E-state index is 3.91. The highest BCUT2D eigenvalue weighted by Gasteiger charge is 2.34. The summed E-state index contributed by atoms with van der Waals surface area (Å²) in [5, 5.41) is 7.34. The molecule has 86 valence electrons. The molecule has 4 aliphatic heterocycles. The average Bonchev–Trinajstić information content (AvgIpc) is 2.32. The van der Waals surface area contributed by atoms with Gasteiger partial charge in [-0.2, -0.15) is 0 Å². The minimum absolute atomic E-state index is 0.789. The lowest BCUT2D eigenvalue weighted by Gasteiger charge is -2.46. The van der Waals surface area contributed by atoms with Gasteiger partial charge in [-0.3, -0.25) is 0 Å². The minimum Gasteiger partial charge on any atom is -0.317 e. The van der Waals surface area contributed by atoms with Gasteiger partial charge in [0.25, 0.3) is 0 Å². The molecular formula is C12H23N3. The van der Waals surface area contributed by atoms with Gasteiger partial charge in [0.2, 0.25) is 0 Å². The fraction of sp³-hybridized carbons (Fsp3) is 1.00. The van der Waals surface area contributed by atoms with E-state index in [0.717, 1.165) is 18.0 Å². The number of nitrogens with one attached hydrogen (secondary N) is 2. The number of hydrogen-bond acceptors (Lipinski definition) is 3. The van der Waals surface area contributed by atoms with Crippen LogP contribution in [0.5, 0.6) is 0 Å². The lowest BCUT2D eigenvalue weighted by molar-refractivity contribution is 0.0647. The number of hydrogen-bond donors (Lipinski definition) is 2. The molecule has 3 heteroatoms. The van der Waals surface area contributed by atoms with Crippen molar-refractivity contribution in [2.45, 2.75) is 37.8 Å². The third-order valence-corrected chi connectivity index (χ3v) is 4.45. The minimum atomic E-state index is 0.789. The third kappa shape index (κ3) is 2.19. The van der Waals surface area contributed by atoms with E-state index in [-0.39, 0.29) is 0 Å². The molecule has 15 heavy (non-hydrogen) atoms. The van der Waals surface area contributed by atoms with Crippen LogP contribution in [0.15, 0.2) is 0 Å². The predicted molar refractivity (Wildman–Crippen MR) is 62.0 cm³/mol. The van der Waals surface area contributed by atoms with Gasteiger partial charge in [0, 0.05) is 18.6 Å². The summed E-state index contributed by atoms with van der Waals surface area (Å²) >= 11 is 0. The number of piperidine rings is 4. The van der Waals surface area contributed by atoms with E-state index < -0.39 is 0 Å². The lowest BCUT2D eigenvalue weighted by Crippen LogP contribution is -2.59. The molecule has 4 heterocycles. The number of fused-ring (bicyclic) bond motifs is 3. The summed E-state index contributed by atoms with van der Waals surface area (Å²) in [5.74, 6) is 0.977. The first kappa shape index (κ1) is 10.1. The molecule has 0 saturated carbocycles. The molecule has 0 aliphatic carbocycles. The normalized spacial score (nSPS) is 42.0. The summed E-state index contributed by atoms with van der Waals surface area (Å²) < 4.78 is 0. The van der Waals surface area contributed by atoms with Gasteiger partial charge in [0.1, 0.15) is 0 Å². The second-order valence-corrected chi connectivity index (χ2v) is 5.44. The van der Waals surface area contributed by atoms with Crippen molar-refractivity contribution in [2.75, 3.05) is 32.7 Å². The third-order valence-electron chi connectivity index (χ3n) is 4.45. The molecule has 1 atom stereocenters. The highest BCUT2D eigenvalue weighted by Crippen LogP contribution is 2.28. The molecule has 1 unspecified atom stereocenters. The molecule has 0 spiro atoms. The van der Waals surface area contributed by atoms with Crippen LogP contribution in [0.3, 0.4) is 0 Å². The van der Waals surface area contributed by atoms with Gasteiger partial charge in [-0.1, -0.05) is 0 Å². The fourth-order valence-electron chi connectivity index (χ4n) is 3.45. The van der Waals surface area contributed by atoms with E-state index in [1.165, 1.54) is 58.4 Å². The molecule has 2 bridgehead atoms. The van der Waals surface area contributed by atoms with Gasteiger partial charge in [-0.05, 0) is 57.8 Å². The van der Waals surface area contributed by atoms with Crippen molar-refractivity contribution in [3.8, 4) is 0 Å². The molecule has 4 aliphatic rings. The number of nitrogens with zero attached hydrogens (tertiary/aromatic N) is 1. The van der Waals surface area contributed by atoms with Crippen molar-refractivity contribution in [3.63, 3.8) is 0 Å². The van der Waals surface area contributed by atoms with Crippen LogP contribution >= 0.6 is 0 Å².